The number of hydrogen-bond acceptors (Lipinski definition) is 3. The van der Waals surface area contributed by atoms with Crippen LogP contribution in [0.15, 0.2) is 24.3 Å². The van der Waals surface area contributed by atoms with E-state index < -0.39 is 5.72 Å². The van der Waals surface area contributed by atoms with Crippen LogP contribution in [0.25, 0.3) is 0 Å². The molecular weight excluding hydrogens is 240 g/mol. The average molecular weight is 262 g/mol. The zero-order valence-electron chi connectivity index (χ0n) is 11.4. The van der Waals surface area contributed by atoms with Gasteiger partial charge in [0.05, 0.1) is 0 Å². The highest BCUT2D eigenvalue weighted by molar-refractivity contribution is 5.76. The van der Waals surface area contributed by atoms with E-state index in [1.807, 2.05) is 31.2 Å². The van der Waals surface area contributed by atoms with Crippen LogP contribution in [0.4, 0.5) is 5.69 Å². The Balaban J connectivity index is 2.12. The monoisotopic (exact) mass is 262 g/mol. The highest BCUT2D eigenvalue weighted by Crippen LogP contribution is 2.31. The summed E-state index contributed by atoms with van der Waals surface area (Å²) >= 11 is 0. The lowest BCUT2D eigenvalue weighted by molar-refractivity contribution is -0.128. The van der Waals surface area contributed by atoms with Crippen LogP contribution in [0.2, 0.25) is 0 Å². The largest absolute Gasteiger partial charge is 0.468 e. The van der Waals surface area contributed by atoms with E-state index in [4.69, 9.17) is 10.5 Å². The Morgan fingerprint density at radius 1 is 1.26 bits per heavy atom. The fraction of sp³-hybridized carbons (Fsp3) is 0.533. The van der Waals surface area contributed by atoms with Gasteiger partial charge in [-0.05, 0) is 37.1 Å². The van der Waals surface area contributed by atoms with Gasteiger partial charge >= 0.3 is 0 Å². The predicted octanol–water partition coefficient (Wildman–Crippen LogP) is 2.83. The fourth-order valence-corrected chi connectivity index (χ4v) is 2.48. The Bertz CT molecular complexity index is 422. The maximum absolute atomic E-state index is 11.7. The van der Waals surface area contributed by atoms with Gasteiger partial charge in [-0.2, -0.15) is 0 Å². The van der Waals surface area contributed by atoms with Gasteiger partial charge in [-0.3, -0.25) is 4.79 Å². The minimum atomic E-state index is -0.540. The zero-order chi connectivity index (χ0) is 13.7. The van der Waals surface area contributed by atoms with Gasteiger partial charge in [0.25, 0.3) is 0 Å². The molecule has 1 aromatic rings. The van der Waals surface area contributed by atoms with Crippen LogP contribution in [-0.4, -0.2) is 11.6 Å². The lowest BCUT2D eigenvalue weighted by atomic mass is 9.91. The van der Waals surface area contributed by atoms with E-state index in [-0.39, 0.29) is 5.91 Å². The topological polar surface area (TPSA) is 64.3 Å². The molecule has 2 rings (SSSR count). The molecule has 4 nitrogen and oxygen atoms in total. The van der Waals surface area contributed by atoms with Crippen molar-refractivity contribution in [2.24, 2.45) is 0 Å². The summed E-state index contributed by atoms with van der Waals surface area (Å²) in [4.78, 5) is 11.7. The van der Waals surface area contributed by atoms with Crippen LogP contribution in [0.1, 0.15) is 45.4 Å². The number of carbonyl (C=O) groups is 1. The van der Waals surface area contributed by atoms with Gasteiger partial charge in [0.15, 0.2) is 5.72 Å². The molecule has 1 fully saturated rings. The van der Waals surface area contributed by atoms with Gasteiger partial charge in [0.1, 0.15) is 5.75 Å². The van der Waals surface area contributed by atoms with Gasteiger partial charge < -0.3 is 15.8 Å². The quantitative estimate of drug-likeness (QED) is 0.648. The maximum Gasteiger partial charge on any atom is 0.222 e. The molecule has 0 atom stereocenters. The molecule has 1 aromatic carbocycles. The molecule has 0 bridgehead atoms. The molecule has 0 aromatic heterocycles. The normalized spacial score (nSPS) is 17.7. The third-order valence-corrected chi connectivity index (χ3v) is 3.54. The van der Waals surface area contributed by atoms with Crippen LogP contribution in [0, 0.1) is 0 Å². The van der Waals surface area contributed by atoms with Crippen molar-refractivity contribution in [2.75, 3.05) is 5.73 Å². The Kier molecular flexibility index (Phi) is 4.30. The highest BCUT2D eigenvalue weighted by atomic mass is 16.5. The van der Waals surface area contributed by atoms with Crippen molar-refractivity contribution in [3.05, 3.63) is 24.3 Å². The molecule has 0 spiro atoms. The van der Waals surface area contributed by atoms with Crippen molar-refractivity contribution >= 4 is 11.6 Å². The second-order valence-electron chi connectivity index (χ2n) is 5.13. The molecule has 0 heterocycles. The minimum Gasteiger partial charge on any atom is -0.468 e. The van der Waals surface area contributed by atoms with Crippen molar-refractivity contribution in [3.8, 4) is 5.75 Å². The number of ether oxygens (including phenoxy) is 1. The van der Waals surface area contributed by atoms with E-state index in [1.54, 1.807) is 0 Å². The van der Waals surface area contributed by atoms with Crippen molar-refractivity contribution in [1.82, 2.24) is 5.32 Å². The Labute approximate surface area is 114 Å². The number of benzene rings is 1. The van der Waals surface area contributed by atoms with Gasteiger partial charge in [-0.15, -0.1) is 0 Å². The molecule has 1 saturated carbocycles. The lowest BCUT2D eigenvalue weighted by Crippen LogP contribution is -2.54. The standard InChI is InChI=1S/C15H22N2O2/c1-2-14(18)17-15(10-4-3-5-11-15)19-13-8-6-12(16)7-9-13/h6-9H,2-5,10-11,16H2,1H3,(H,17,18). The third-order valence-electron chi connectivity index (χ3n) is 3.54. The van der Waals surface area contributed by atoms with E-state index in [2.05, 4.69) is 5.32 Å². The first kappa shape index (κ1) is 13.7. The highest BCUT2D eigenvalue weighted by Gasteiger charge is 2.35. The van der Waals surface area contributed by atoms with Crippen molar-refractivity contribution in [3.63, 3.8) is 0 Å². The number of carbonyl (C=O) groups excluding carboxylic acids is 1. The first-order valence-corrected chi connectivity index (χ1v) is 6.99. The molecule has 1 aliphatic carbocycles. The number of nitrogens with two attached hydrogens (primary N) is 1. The maximum atomic E-state index is 11.7. The number of amides is 1. The summed E-state index contributed by atoms with van der Waals surface area (Å²) in [5, 5.41) is 3.05. The molecule has 4 heteroatoms. The Hall–Kier alpha value is -1.71. The van der Waals surface area contributed by atoms with Crippen LogP contribution in [0.3, 0.4) is 0 Å². The Morgan fingerprint density at radius 2 is 1.89 bits per heavy atom. The van der Waals surface area contributed by atoms with Crippen molar-refractivity contribution in [1.29, 1.82) is 0 Å². The van der Waals surface area contributed by atoms with E-state index in [9.17, 15) is 4.79 Å². The first-order chi connectivity index (χ1) is 9.13. The number of nitrogens with one attached hydrogen (secondary N) is 1. The number of rotatable bonds is 4. The van der Waals surface area contributed by atoms with Gasteiger partial charge in [-0.1, -0.05) is 13.3 Å². The molecule has 104 valence electrons. The summed E-state index contributed by atoms with van der Waals surface area (Å²) in [6.45, 7) is 1.86. The smallest absolute Gasteiger partial charge is 0.222 e. The molecule has 0 radical (unpaired) electrons. The van der Waals surface area contributed by atoms with Gasteiger partial charge in [0.2, 0.25) is 5.91 Å². The molecule has 0 unspecified atom stereocenters. The number of anilines is 1. The molecule has 3 N–H and O–H groups in total. The summed E-state index contributed by atoms with van der Waals surface area (Å²) in [6, 6.07) is 7.33. The molecule has 1 aliphatic rings. The summed E-state index contributed by atoms with van der Waals surface area (Å²) in [5.41, 5.74) is 5.84. The minimum absolute atomic E-state index is 0.0392. The van der Waals surface area contributed by atoms with E-state index in [0.29, 0.717) is 12.1 Å². The number of hydrogen-bond donors (Lipinski definition) is 2. The third kappa shape index (κ3) is 3.63. The second kappa shape index (κ2) is 5.95. The molecular formula is C15H22N2O2. The zero-order valence-corrected chi connectivity index (χ0v) is 11.4. The SMILES string of the molecule is CCC(=O)NC1(Oc2ccc(N)cc2)CCCCC1. The second-order valence-corrected chi connectivity index (χ2v) is 5.13. The molecule has 0 saturated heterocycles. The van der Waals surface area contributed by atoms with Crippen LogP contribution in [-0.2, 0) is 4.79 Å². The number of nitrogen functional groups attached to an aromatic ring is 1. The first-order valence-electron chi connectivity index (χ1n) is 6.99. The predicted molar refractivity (Wildman–Crippen MR) is 75.7 cm³/mol. The van der Waals surface area contributed by atoms with Crippen molar-refractivity contribution < 1.29 is 9.53 Å². The van der Waals surface area contributed by atoms with Crippen LogP contribution < -0.4 is 15.8 Å². The average Bonchev–Trinajstić information content (AvgIpc) is 2.42. The molecule has 0 aliphatic heterocycles. The van der Waals surface area contributed by atoms with Crippen molar-refractivity contribution in [2.45, 2.75) is 51.2 Å². The van der Waals surface area contributed by atoms with Crippen LogP contribution >= 0.6 is 0 Å². The fourth-order valence-electron chi connectivity index (χ4n) is 2.48. The van der Waals surface area contributed by atoms with E-state index in [0.717, 1.165) is 31.4 Å². The summed E-state index contributed by atoms with van der Waals surface area (Å²) in [6.07, 6.45) is 5.58. The van der Waals surface area contributed by atoms with E-state index in [1.165, 1.54) is 6.42 Å². The van der Waals surface area contributed by atoms with E-state index >= 15 is 0 Å². The Morgan fingerprint density at radius 3 is 2.47 bits per heavy atom. The van der Waals surface area contributed by atoms with Gasteiger partial charge in [-0.25, -0.2) is 0 Å². The summed E-state index contributed by atoms with van der Waals surface area (Å²) in [5.74, 6) is 0.796. The lowest BCUT2D eigenvalue weighted by Gasteiger charge is -2.38. The molecule has 19 heavy (non-hydrogen) atoms. The summed E-state index contributed by atoms with van der Waals surface area (Å²) in [7, 11) is 0. The summed E-state index contributed by atoms with van der Waals surface area (Å²) < 4.78 is 6.08. The van der Waals surface area contributed by atoms with Gasteiger partial charge in [0, 0.05) is 24.9 Å². The van der Waals surface area contributed by atoms with Crippen LogP contribution in [0.5, 0.6) is 5.75 Å². The molecule has 1 amide bonds.